The van der Waals surface area contributed by atoms with Gasteiger partial charge in [-0.1, -0.05) is 13.8 Å². The molecule has 0 aliphatic heterocycles. The van der Waals surface area contributed by atoms with Crippen LogP contribution >= 0.6 is 0 Å². The number of halogens is 1. The molecule has 0 saturated heterocycles. The molecule has 0 atom stereocenters. The Balaban J connectivity index is 3.14. The number of carbonyl (C=O) groups excluding carboxylic acids is 1. The van der Waals surface area contributed by atoms with Crippen molar-refractivity contribution in [3.05, 3.63) is 35.1 Å². The standard InChI is InChI=1S/C14H19FO2/c1-5-14(6-2,17-4)13(16)11-7-8-12(15)10(3)9-11/h7-9H,5-6H2,1-4H3. The number of carbonyl (C=O) groups is 1. The van der Waals surface area contributed by atoms with E-state index in [2.05, 4.69) is 0 Å². The Hall–Kier alpha value is -1.22. The Kier molecular flexibility index (Phi) is 4.40. The van der Waals surface area contributed by atoms with E-state index in [4.69, 9.17) is 4.74 Å². The van der Waals surface area contributed by atoms with Crippen LogP contribution in [0.3, 0.4) is 0 Å². The van der Waals surface area contributed by atoms with Crippen molar-refractivity contribution in [1.29, 1.82) is 0 Å². The highest BCUT2D eigenvalue weighted by atomic mass is 19.1. The predicted molar refractivity (Wildman–Crippen MR) is 65.8 cm³/mol. The molecule has 0 amide bonds. The molecule has 17 heavy (non-hydrogen) atoms. The molecule has 0 fully saturated rings. The largest absolute Gasteiger partial charge is 0.370 e. The Bertz CT molecular complexity index is 400. The summed E-state index contributed by atoms with van der Waals surface area (Å²) in [4.78, 5) is 12.4. The van der Waals surface area contributed by atoms with Crippen LogP contribution in [0.1, 0.15) is 42.6 Å². The third kappa shape index (κ3) is 2.55. The minimum Gasteiger partial charge on any atom is -0.370 e. The van der Waals surface area contributed by atoms with Crippen molar-refractivity contribution in [1.82, 2.24) is 0 Å². The summed E-state index contributed by atoms with van der Waals surface area (Å²) in [5.74, 6) is -0.370. The quantitative estimate of drug-likeness (QED) is 0.734. The molecule has 3 heteroatoms. The van der Waals surface area contributed by atoms with E-state index in [1.807, 2.05) is 13.8 Å². The lowest BCUT2D eigenvalue weighted by molar-refractivity contribution is -0.00262. The van der Waals surface area contributed by atoms with E-state index in [-0.39, 0.29) is 11.6 Å². The lowest BCUT2D eigenvalue weighted by Gasteiger charge is -2.28. The molecule has 0 aliphatic carbocycles. The Labute approximate surface area is 102 Å². The van der Waals surface area contributed by atoms with Crippen LogP contribution in [0.2, 0.25) is 0 Å². The highest BCUT2D eigenvalue weighted by Crippen LogP contribution is 2.25. The predicted octanol–water partition coefficient (Wildman–Crippen LogP) is 3.52. The molecule has 0 unspecified atom stereocenters. The molecule has 2 nitrogen and oxygen atoms in total. The van der Waals surface area contributed by atoms with Crippen molar-refractivity contribution in [3.63, 3.8) is 0 Å². The van der Waals surface area contributed by atoms with E-state index in [9.17, 15) is 9.18 Å². The van der Waals surface area contributed by atoms with E-state index < -0.39 is 5.60 Å². The van der Waals surface area contributed by atoms with Crippen molar-refractivity contribution in [3.8, 4) is 0 Å². The molecular formula is C14H19FO2. The molecule has 0 N–H and O–H groups in total. The highest BCUT2D eigenvalue weighted by Gasteiger charge is 2.35. The molecular weight excluding hydrogens is 219 g/mol. The van der Waals surface area contributed by atoms with E-state index in [1.54, 1.807) is 20.1 Å². The fourth-order valence-corrected chi connectivity index (χ4v) is 2.00. The van der Waals surface area contributed by atoms with Crippen molar-refractivity contribution in [2.75, 3.05) is 7.11 Å². The molecule has 0 heterocycles. The average Bonchev–Trinajstić information content (AvgIpc) is 2.35. The van der Waals surface area contributed by atoms with Crippen LogP contribution in [0.5, 0.6) is 0 Å². The zero-order valence-electron chi connectivity index (χ0n) is 10.8. The van der Waals surface area contributed by atoms with Crippen LogP contribution in [0.25, 0.3) is 0 Å². The first kappa shape index (κ1) is 13.8. The van der Waals surface area contributed by atoms with Gasteiger partial charge in [-0.05, 0) is 43.5 Å². The summed E-state index contributed by atoms with van der Waals surface area (Å²) >= 11 is 0. The number of ether oxygens (including phenoxy) is 1. The first-order valence-electron chi connectivity index (χ1n) is 5.86. The van der Waals surface area contributed by atoms with Gasteiger partial charge in [-0.2, -0.15) is 0 Å². The number of ketones is 1. The van der Waals surface area contributed by atoms with Gasteiger partial charge in [-0.3, -0.25) is 4.79 Å². The smallest absolute Gasteiger partial charge is 0.194 e. The average molecular weight is 238 g/mol. The van der Waals surface area contributed by atoms with E-state index in [0.29, 0.717) is 24.0 Å². The number of aryl methyl sites for hydroxylation is 1. The first-order chi connectivity index (χ1) is 8.00. The van der Waals surface area contributed by atoms with Crippen molar-refractivity contribution >= 4 is 5.78 Å². The van der Waals surface area contributed by atoms with Crippen LogP contribution in [0, 0.1) is 12.7 Å². The minimum absolute atomic E-state index is 0.0758. The zero-order chi connectivity index (χ0) is 13.1. The van der Waals surface area contributed by atoms with Gasteiger partial charge in [0.25, 0.3) is 0 Å². The Morgan fingerprint density at radius 3 is 2.35 bits per heavy atom. The molecule has 1 rings (SSSR count). The Morgan fingerprint density at radius 2 is 1.94 bits per heavy atom. The lowest BCUT2D eigenvalue weighted by Crippen LogP contribution is -2.39. The second-order valence-corrected chi connectivity index (χ2v) is 4.20. The van der Waals surface area contributed by atoms with Crippen molar-refractivity contribution in [2.45, 2.75) is 39.2 Å². The van der Waals surface area contributed by atoms with Gasteiger partial charge in [-0.25, -0.2) is 4.39 Å². The second-order valence-electron chi connectivity index (χ2n) is 4.20. The summed E-state index contributed by atoms with van der Waals surface area (Å²) in [5.41, 5.74) is 0.201. The fourth-order valence-electron chi connectivity index (χ4n) is 2.00. The molecule has 0 saturated carbocycles. The number of rotatable bonds is 5. The summed E-state index contributed by atoms with van der Waals surface area (Å²) in [7, 11) is 1.54. The minimum atomic E-state index is -0.787. The van der Waals surface area contributed by atoms with Gasteiger partial charge in [0.2, 0.25) is 0 Å². The molecule has 0 spiro atoms. The number of Topliss-reactive ketones (excluding diaryl/α,β-unsaturated/α-hetero) is 1. The maximum absolute atomic E-state index is 13.2. The summed E-state index contributed by atoms with van der Waals surface area (Å²) in [6.07, 6.45) is 1.21. The maximum Gasteiger partial charge on any atom is 0.194 e. The van der Waals surface area contributed by atoms with Crippen LogP contribution < -0.4 is 0 Å². The summed E-state index contributed by atoms with van der Waals surface area (Å²) in [5, 5.41) is 0. The van der Waals surface area contributed by atoms with E-state index in [1.165, 1.54) is 12.1 Å². The van der Waals surface area contributed by atoms with Gasteiger partial charge in [0, 0.05) is 12.7 Å². The molecule has 0 aliphatic rings. The third-order valence-corrected chi connectivity index (χ3v) is 3.37. The number of benzene rings is 1. The van der Waals surface area contributed by atoms with Crippen LogP contribution in [0.15, 0.2) is 18.2 Å². The van der Waals surface area contributed by atoms with E-state index in [0.717, 1.165) is 0 Å². The van der Waals surface area contributed by atoms with Crippen LogP contribution in [-0.2, 0) is 4.74 Å². The van der Waals surface area contributed by atoms with Gasteiger partial charge < -0.3 is 4.74 Å². The Morgan fingerprint density at radius 1 is 1.35 bits per heavy atom. The van der Waals surface area contributed by atoms with E-state index >= 15 is 0 Å². The van der Waals surface area contributed by atoms with Crippen molar-refractivity contribution < 1.29 is 13.9 Å². The maximum atomic E-state index is 13.2. The molecule has 1 aromatic carbocycles. The number of methoxy groups -OCH3 is 1. The zero-order valence-corrected chi connectivity index (χ0v) is 10.8. The second kappa shape index (κ2) is 5.41. The molecule has 0 bridgehead atoms. The van der Waals surface area contributed by atoms with Gasteiger partial charge in [0.15, 0.2) is 5.78 Å². The monoisotopic (exact) mass is 238 g/mol. The molecule has 1 aromatic rings. The molecule has 94 valence electrons. The summed E-state index contributed by atoms with van der Waals surface area (Å²) in [6, 6.07) is 4.43. The molecule has 0 radical (unpaired) electrons. The topological polar surface area (TPSA) is 26.3 Å². The first-order valence-corrected chi connectivity index (χ1v) is 5.86. The lowest BCUT2D eigenvalue weighted by atomic mass is 9.87. The fraction of sp³-hybridized carbons (Fsp3) is 0.500. The summed E-state index contributed by atoms with van der Waals surface area (Å²) in [6.45, 7) is 5.49. The van der Waals surface area contributed by atoms with Crippen molar-refractivity contribution in [2.24, 2.45) is 0 Å². The summed E-state index contributed by atoms with van der Waals surface area (Å²) < 4.78 is 18.5. The normalized spacial score (nSPS) is 11.6. The molecule has 0 aromatic heterocycles. The van der Waals surface area contributed by atoms with Gasteiger partial charge >= 0.3 is 0 Å². The van der Waals surface area contributed by atoms with Crippen LogP contribution in [0.4, 0.5) is 4.39 Å². The third-order valence-electron chi connectivity index (χ3n) is 3.37. The number of hydrogen-bond donors (Lipinski definition) is 0. The number of hydrogen-bond acceptors (Lipinski definition) is 2. The SMILES string of the molecule is CCC(CC)(OC)C(=O)c1ccc(F)c(C)c1. The van der Waals surface area contributed by atoms with Gasteiger partial charge in [-0.15, -0.1) is 0 Å². The van der Waals surface area contributed by atoms with Gasteiger partial charge in [0.05, 0.1) is 0 Å². The van der Waals surface area contributed by atoms with Gasteiger partial charge in [0.1, 0.15) is 11.4 Å². The highest BCUT2D eigenvalue weighted by molar-refractivity contribution is 6.02. The van der Waals surface area contributed by atoms with Crippen LogP contribution in [-0.4, -0.2) is 18.5 Å².